The van der Waals surface area contributed by atoms with Gasteiger partial charge in [0, 0.05) is 24.7 Å². The molecule has 22 heavy (non-hydrogen) atoms. The van der Waals surface area contributed by atoms with E-state index in [0.29, 0.717) is 17.7 Å². The maximum absolute atomic E-state index is 12.8. The number of likely N-dealkylation sites (tertiary alicyclic amines) is 2. The van der Waals surface area contributed by atoms with Gasteiger partial charge in [0.25, 0.3) is 5.91 Å². The molecule has 4 nitrogen and oxygen atoms in total. The Hall–Kier alpha value is -1.29. The Labute approximate surface area is 133 Å². The fourth-order valence-corrected chi connectivity index (χ4v) is 3.84. The standard InChI is InChI=1S/C18H28N2O2/c1-14(2)16-8-13-22-17(16)18(21)20-11-5-6-15(7-12-20)19-9-3-4-10-19/h8,13-15H,3-7,9-12H2,1-2H3. The van der Waals surface area contributed by atoms with E-state index >= 15 is 0 Å². The van der Waals surface area contributed by atoms with Crippen LogP contribution in [0, 0.1) is 0 Å². The zero-order valence-electron chi connectivity index (χ0n) is 13.9. The van der Waals surface area contributed by atoms with Gasteiger partial charge >= 0.3 is 0 Å². The maximum Gasteiger partial charge on any atom is 0.289 e. The van der Waals surface area contributed by atoms with Crippen LogP contribution in [0.25, 0.3) is 0 Å². The summed E-state index contributed by atoms with van der Waals surface area (Å²) in [6.07, 6.45) is 7.74. The van der Waals surface area contributed by atoms with Gasteiger partial charge in [-0.1, -0.05) is 13.8 Å². The summed E-state index contributed by atoms with van der Waals surface area (Å²) in [5.74, 6) is 0.951. The lowest BCUT2D eigenvalue weighted by Gasteiger charge is -2.26. The van der Waals surface area contributed by atoms with Crippen molar-refractivity contribution in [3.05, 3.63) is 23.7 Å². The zero-order chi connectivity index (χ0) is 15.5. The summed E-state index contributed by atoms with van der Waals surface area (Å²) in [6.45, 7) is 8.42. The highest BCUT2D eigenvalue weighted by molar-refractivity contribution is 5.93. The summed E-state index contributed by atoms with van der Waals surface area (Å²) in [6, 6.07) is 2.60. The Bertz CT molecular complexity index is 503. The number of rotatable bonds is 3. The normalized spacial score (nSPS) is 24.0. The molecule has 122 valence electrons. The van der Waals surface area contributed by atoms with E-state index in [2.05, 4.69) is 18.7 Å². The zero-order valence-corrected chi connectivity index (χ0v) is 13.9. The van der Waals surface area contributed by atoms with Crippen LogP contribution in [0.1, 0.15) is 68.0 Å². The maximum atomic E-state index is 12.8. The first-order chi connectivity index (χ1) is 10.7. The van der Waals surface area contributed by atoms with E-state index in [1.807, 2.05) is 11.0 Å². The van der Waals surface area contributed by atoms with Crippen molar-refractivity contribution < 1.29 is 9.21 Å². The van der Waals surface area contributed by atoms with Gasteiger partial charge in [0.1, 0.15) is 0 Å². The number of carbonyl (C=O) groups is 1. The molecule has 1 atom stereocenters. The van der Waals surface area contributed by atoms with Gasteiger partial charge in [-0.15, -0.1) is 0 Å². The van der Waals surface area contributed by atoms with Gasteiger partial charge in [0.2, 0.25) is 0 Å². The lowest BCUT2D eigenvalue weighted by atomic mass is 10.0. The third kappa shape index (κ3) is 3.22. The topological polar surface area (TPSA) is 36.7 Å². The van der Waals surface area contributed by atoms with Crippen LogP contribution in [-0.2, 0) is 0 Å². The SMILES string of the molecule is CC(C)c1ccoc1C(=O)N1CCCC(N2CCCC2)CC1. The molecule has 0 spiro atoms. The molecule has 2 aliphatic heterocycles. The Morgan fingerprint density at radius 1 is 1.14 bits per heavy atom. The molecule has 3 rings (SSSR count). The highest BCUT2D eigenvalue weighted by Crippen LogP contribution is 2.25. The predicted molar refractivity (Wildman–Crippen MR) is 87.1 cm³/mol. The number of furan rings is 1. The molecular weight excluding hydrogens is 276 g/mol. The molecule has 0 N–H and O–H groups in total. The minimum atomic E-state index is 0.0794. The van der Waals surface area contributed by atoms with Crippen molar-refractivity contribution in [1.29, 1.82) is 0 Å². The van der Waals surface area contributed by atoms with Crippen LogP contribution in [0.5, 0.6) is 0 Å². The second kappa shape index (κ2) is 6.86. The minimum absolute atomic E-state index is 0.0794. The van der Waals surface area contributed by atoms with Crippen LogP contribution in [0.2, 0.25) is 0 Å². The van der Waals surface area contributed by atoms with Crippen LogP contribution < -0.4 is 0 Å². The predicted octanol–water partition coefficient (Wildman–Crippen LogP) is 3.49. The molecule has 2 fully saturated rings. The summed E-state index contributed by atoms with van der Waals surface area (Å²) < 4.78 is 5.51. The summed E-state index contributed by atoms with van der Waals surface area (Å²) in [4.78, 5) is 17.4. The highest BCUT2D eigenvalue weighted by atomic mass is 16.3. The van der Waals surface area contributed by atoms with Crippen molar-refractivity contribution >= 4 is 5.91 Å². The first-order valence-corrected chi connectivity index (χ1v) is 8.77. The molecule has 0 saturated carbocycles. The van der Waals surface area contributed by atoms with E-state index in [9.17, 15) is 4.79 Å². The van der Waals surface area contributed by atoms with Gasteiger partial charge in [0.15, 0.2) is 5.76 Å². The van der Waals surface area contributed by atoms with Crippen molar-refractivity contribution in [3.63, 3.8) is 0 Å². The second-order valence-electron chi connectivity index (χ2n) is 6.98. The average Bonchev–Trinajstić information content (AvgIpc) is 3.14. The summed E-state index contributed by atoms with van der Waals surface area (Å²) >= 11 is 0. The lowest BCUT2D eigenvalue weighted by molar-refractivity contribution is 0.0723. The number of nitrogens with zero attached hydrogens (tertiary/aromatic N) is 2. The number of carbonyl (C=O) groups excluding carboxylic acids is 1. The van der Waals surface area contributed by atoms with Gasteiger partial charge in [0.05, 0.1) is 6.26 Å². The summed E-state index contributed by atoms with van der Waals surface area (Å²) in [7, 11) is 0. The Morgan fingerprint density at radius 3 is 2.64 bits per heavy atom. The first-order valence-electron chi connectivity index (χ1n) is 8.77. The van der Waals surface area contributed by atoms with Gasteiger partial charge < -0.3 is 14.2 Å². The quantitative estimate of drug-likeness (QED) is 0.857. The minimum Gasteiger partial charge on any atom is -0.459 e. The molecular formula is C18H28N2O2. The summed E-state index contributed by atoms with van der Waals surface area (Å²) in [5, 5.41) is 0. The molecule has 3 heterocycles. The van der Waals surface area contributed by atoms with Crippen LogP contribution in [0.15, 0.2) is 16.7 Å². The number of hydrogen-bond acceptors (Lipinski definition) is 3. The Morgan fingerprint density at radius 2 is 1.91 bits per heavy atom. The van der Waals surface area contributed by atoms with E-state index in [1.165, 1.54) is 32.4 Å². The first kappa shape index (κ1) is 15.6. The second-order valence-corrected chi connectivity index (χ2v) is 6.98. The van der Waals surface area contributed by atoms with E-state index < -0.39 is 0 Å². The van der Waals surface area contributed by atoms with Crippen molar-refractivity contribution in [2.24, 2.45) is 0 Å². The van der Waals surface area contributed by atoms with E-state index in [0.717, 1.165) is 31.5 Å². The van der Waals surface area contributed by atoms with Gasteiger partial charge in [-0.3, -0.25) is 4.79 Å². The smallest absolute Gasteiger partial charge is 0.289 e. The third-order valence-corrected chi connectivity index (χ3v) is 5.15. The number of amides is 1. The van der Waals surface area contributed by atoms with Crippen molar-refractivity contribution in [3.8, 4) is 0 Å². The van der Waals surface area contributed by atoms with Crippen LogP contribution >= 0.6 is 0 Å². The van der Waals surface area contributed by atoms with E-state index in [-0.39, 0.29) is 5.91 Å². The molecule has 1 aromatic rings. The molecule has 1 aromatic heterocycles. The molecule has 2 aliphatic rings. The molecule has 4 heteroatoms. The van der Waals surface area contributed by atoms with E-state index in [1.54, 1.807) is 6.26 Å². The largest absolute Gasteiger partial charge is 0.459 e. The highest BCUT2D eigenvalue weighted by Gasteiger charge is 2.28. The van der Waals surface area contributed by atoms with Gasteiger partial charge in [-0.25, -0.2) is 0 Å². The lowest BCUT2D eigenvalue weighted by Crippen LogP contribution is -2.35. The van der Waals surface area contributed by atoms with Crippen molar-refractivity contribution in [2.45, 2.75) is 57.9 Å². The number of hydrogen-bond donors (Lipinski definition) is 0. The van der Waals surface area contributed by atoms with Crippen LogP contribution in [-0.4, -0.2) is 47.9 Å². The fraction of sp³-hybridized carbons (Fsp3) is 0.722. The monoisotopic (exact) mass is 304 g/mol. The molecule has 0 bridgehead atoms. The fourth-order valence-electron chi connectivity index (χ4n) is 3.84. The summed E-state index contributed by atoms with van der Waals surface area (Å²) in [5.41, 5.74) is 1.03. The molecule has 1 amide bonds. The van der Waals surface area contributed by atoms with Gasteiger partial charge in [-0.2, -0.15) is 0 Å². The Balaban J connectivity index is 1.65. The molecule has 1 unspecified atom stereocenters. The van der Waals surface area contributed by atoms with Crippen LogP contribution in [0.4, 0.5) is 0 Å². The van der Waals surface area contributed by atoms with Crippen molar-refractivity contribution in [2.75, 3.05) is 26.2 Å². The third-order valence-electron chi connectivity index (χ3n) is 5.15. The molecule has 0 aromatic carbocycles. The molecule has 0 radical (unpaired) electrons. The molecule has 2 saturated heterocycles. The average molecular weight is 304 g/mol. The van der Waals surface area contributed by atoms with Crippen molar-refractivity contribution in [1.82, 2.24) is 9.80 Å². The van der Waals surface area contributed by atoms with Crippen LogP contribution in [0.3, 0.4) is 0 Å². The molecule has 0 aliphatic carbocycles. The van der Waals surface area contributed by atoms with E-state index in [4.69, 9.17) is 4.42 Å². The van der Waals surface area contributed by atoms with Gasteiger partial charge in [-0.05, 0) is 57.2 Å². The Kier molecular flexibility index (Phi) is 4.87.